The Hall–Kier alpha value is -1.86. The van der Waals surface area contributed by atoms with Crippen molar-refractivity contribution >= 4 is 44.1 Å². The molecule has 25 heavy (non-hydrogen) atoms. The van der Waals surface area contributed by atoms with Gasteiger partial charge >= 0.3 is 0 Å². The van der Waals surface area contributed by atoms with Crippen molar-refractivity contribution < 1.29 is 14.3 Å². The van der Waals surface area contributed by atoms with Crippen LogP contribution in [0.5, 0.6) is 5.75 Å². The fraction of sp³-hybridized carbons (Fsp3) is 0.333. The predicted molar refractivity (Wildman–Crippen MR) is 102 cm³/mol. The maximum absolute atomic E-state index is 12.5. The zero-order valence-corrected chi connectivity index (χ0v) is 16.2. The second kappa shape index (κ2) is 7.58. The molecule has 3 rings (SSSR count). The lowest BCUT2D eigenvalue weighted by Gasteiger charge is -2.15. The standard InChI is InChI=1S/C18H19BrN2O3S/c1-10(24-12-6-4-5-11(19)9-12)17(23)21-18-15(16(20)22)13-7-2-3-8-14(13)25-18/h4-6,9-10H,2-3,7-8H2,1H3,(H2,20,22)(H,21,23). The van der Waals surface area contributed by atoms with Crippen LogP contribution in [0.1, 0.15) is 40.6 Å². The molecule has 3 N–H and O–H groups in total. The van der Waals surface area contributed by atoms with Crippen molar-refractivity contribution in [3.63, 3.8) is 0 Å². The first kappa shape index (κ1) is 17.9. The number of amides is 2. The quantitative estimate of drug-likeness (QED) is 0.766. The van der Waals surface area contributed by atoms with E-state index in [2.05, 4.69) is 21.2 Å². The molecule has 0 saturated carbocycles. The Morgan fingerprint density at radius 1 is 1.32 bits per heavy atom. The van der Waals surface area contributed by atoms with Gasteiger partial charge in [0.2, 0.25) is 0 Å². The van der Waals surface area contributed by atoms with Crippen LogP contribution in [0.15, 0.2) is 28.7 Å². The number of fused-ring (bicyclic) bond motifs is 1. The molecule has 7 heteroatoms. The summed E-state index contributed by atoms with van der Waals surface area (Å²) in [5.74, 6) is -0.200. The molecule has 5 nitrogen and oxygen atoms in total. The zero-order chi connectivity index (χ0) is 18.0. The van der Waals surface area contributed by atoms with E-state index < -0.39 is 12.0 Å². The van der Waals surface area contributed by atoms with E-state index in [1.807, 2.05) is 12.1 Å². The average molecular weight is 423 g/mol. The Balaban J connectivity index is 1.76. The van der Waals surface area contributed by atoms with E-state index >= 15 is 0 Å². The normalized spacial score (nSPS) is 14.5. The molecule has 1 aliphatic carbocycles. The fourth-order valence-corrected chi connectivity index (χ4v) is 4.60. The number of thiophene rings is 1. The highest BCUT2D eigenvalue weighted by Crippen LogP contribution is 2.38. The van der Waals surface area contributed by atoms with Crippen LogP contribution in [0, 0.1) is 0 Å². The third kappa shape index (κ3) is 4.04. The smallest absolute Gasteiger partial charge is 0.265 e. The van der Waals surface area contributed by atoms with Crippen molar-refractivity contribution in [2.24, 2.45) is 5.73 Å². The van der Waals surface area contributed by atoms with Gasteiger partial charge in [0.05, 0.1) is 5.56 Å². The molecule has 1 aromatic heterocycles. The summed E-state index contributed by atoms with van der Waals surface area (Å²) in [6.07, 6.45) is 3.21. The van der Waals surface area contributed by atoms with Crippen LogP contribution in [0.2, 0.25) is 0 Å². The largest absolute Gasteiger partial charge is 0.481 e. The Labute approximate surface area is 158 Å². The minimum Gasteiger partial charge on any atom is -0.481 e. The fourth-order valence-electron chi connectivity index (χ4n) is 2.93. The molecule has 1 aromatic carbocycles. The Bertz CT molecular complexity index is 819. The van der Waals surface area contributed by atoms with Crippen LogP contribution < -0.4 is 15.8 Å². The minimum absolute atomic E-state index is 0.305. The maximum atomic E-state index is 12.5. The van der Waals surface area contributed by atoms with Gasteiger partial charge in [0.25, 0.3) is 11.8 Å². The van der Waals surface area contributed by atoms with Crippen molar-refractivity contribution in [1.82, 2.24) is 0 Å². The molecule has 2 amide bonds. The molecular weight excluding hydrogens is 404 g/mol. The number of benzene rings is 1. The number of anilines is 1. The van der Waals surface area contributed by atoms with Crippen LogP contribution in [-0.2, 0) is 17.6 Å². The number of ether oxygens (including phenoxy) is 1. The Kier molecular flexibility index (Phi) is 5.44. The van der Waals surface area contributed by atoms with E-state index in [9.17, 15) is 9.59 Å². The van der Waals surface area contributed by atoms with Gasteiger partial charge in [-0.05, 0) is 56.4 Å². The Morgan fingerprint density at radius 2 is 2.08 bits per heavy atom. The summed E-state index contributed by atoms with van der Waals surface area (Å²) in [4.78, 5) is 25.5. The van der Waals surface area contributed by atoms with Gasteiger partial charge < -0.3 is 15.8 Å². The summed E-state index contributed by atoms with van der Waals surface area (Å²) >= 11 is 4.82. The second-order valence-corrected chi connectivity index (χ2v) is 8.01. The van der Waals surface area contributed by atoms with Crippen LogP contribution in [0.4, 0.5) is 5.00 Å². The first-order chi connectivity index (χ1) is 12.0. The molecule has 0 saturated heterocycles. The number of carbonyl (C=O) groups is 2. The minimum atomic E-state index is -0.700. The summed E-state index contributed by atoms with van der Waals surface area (Å²) in [6.45, 7) is 1.67. The van der Waals surface area contributed by atoms with Crippen molar-refractivity contribution in [1.29, 1.82) is 0 Å². The van der Waals surface area contributed by atoms with Gasteiger partial charge in [0, 0.05) is 9.35 Å². The molecule has 0 radical (unpaired) electrons. The molecular formula is C18H19BrN2O3S. The number of hydrogen-bond donors (Lipinski definition) is 2. The second-order valence-electron chi connectivity index (χ2n) is 5.99. The number of primary amides is 1. The number of hydrogen-bond acceptors (Lipinski definition) is 4. The van der Waals surface area contributed by atoms with E-state index in [-0.39, 0.29) is 5.91 Å². The third-order valence-corrected chi connectivity index (χ3v) is 5.83. The molecule has 1 unspecified atom stereocenters. The summed E-state index contributed by atoms with van der Waals surface area (Å²) in [5.41, 5.74) is 7.02. The summed E-state index contributed by atoms with van der Waals surface area (Å²) < 4.78 is 6.55. The molecule has 2 aromatic rings. The van der Waals surface area contributed by atoms with E-state index in [0.29, 0.717) is 16.3 Å². The average Bonchev–Trinajstić information content (AvgIpc) is 2.92. The third-order valence-electron chi connectivity index (χ3n) is 4.13. The lowest BCUT2D eigenvalue weighted by Crippen LogP contribution is -2.30. The van der Waals surface area contributed by atoms with Gasteiger partial charge in [0.15, 0.2) is 6.10 Å². The highest BCUT2D eigenvalue weighted by atomic mass is 79.9. The van der Waals surface area contributed by atoms with Gasteiger partial charge in [-0.15, -0.1) is 11.3 Å². The van der Waals surface area contributed by atoms with Crippen molar-refractivity contribution in [3.05, 3.63) is 44.7 Å². The van der Waals surface area contributed by atoms with Gasteiger partial charge in [-0.3, -0.25) is 9.59 Å². The highest BCUT2D eigenvalue weighted by Gasteiger charge is 2.26. The predicted octanol–water partition coefficient (Wildman–Crippen LogP) is 3.89. The topological polar surface area (TPSA) is 81.4 Å². The first-order valence-corrected chi connectivity index (χ1v) is 9.74. The number of halogens is 1. The molecule has 0 bridgehead atoms. The zero-order valence-electron chi connectivity index (χ0n) is 13.8. The summed E-state index contributed by atoms with van der Waals surface area (Å²) in [5, 5.41) is 3.36. The van der Waals surface area contributed by atoms with Crippen LogP contribution >= 0.6 is 27.3 Å². The maximum Gasteiger partial charge on any atom is 0.265 e. The summed E-state index contributed by atoms with van der Waals surface area (Å²) in [6, 6.07) is 7.30. The molecule has 0 fully saturated rings. The molecule has 1 aliphatic rings. The lowest BCUT2D eigenvalue weighted by atomic mass is 9.95. The molecule has 0 spiro atoms. The molecule has 1 heterocycles. The molecule has 1 atom stereocenters. The molecule has 0 aliphatic heterocycles. The number of carbonyl (C=O) groups excluding carboxylic acids is 2. The van der Waals surface area contributed by atoms with E-state index in [4.69, 9.17) is 10.5 Å². The van der Waals surface area contributed by atoms with Gasteiger partial charge in [-0.2, -0.15) is 0 Å². The van der Waals surface area contributed by atoms with Gasteiger partial charge in [-0.1, -0.05) is 22.0 Å². The molecule has 132 valence electrons. The highest BCUT2D eigenvalue weighted by molar-refractivity contribution is 9.10. The number of aryl methyl sites for hydroxylation is 1. The number of nitrogens with one attached hydrogen (secondary N) is 1. The van der Waals surface area contributed by atoms with Gasteiger partial charge in [-0.25, -0.2) is 0 Å². The van der Waals surface area contributed by atoms with Crippen LogP contribution in [-0.4, -0.2) is 17.9 Å². The van der Waals surface area contributed by atoms with Crippen LogP contribution in [0.3, 0.4) is 0 Å². The van der Waals surface area contributed by atoms with Crippen molar-refractivity contribution in [3.8, 4) is 5.75 Å². The summed E-state index contributed by atoms with van der Waals surface area (Å²) in [7, 11) is 0. The van der Waals surface area contributed by atoms with E-state index in [0.717, 1.165) is 40.6 Å². The number of rotatable bonds is 5. The van der Waals surface area contributed by atoms with Crippen molar-refractivity contribution in [2.45, 2.75) is 38.7 Å². The van der Waals surface area contributed by atoms with Crippen LogP contribution in [0.25, 0.3) is 0 Å². The monoisotopic (exact) mass is 422 g/mol. The SMILES string of the molecule is CC(Oc1cccc(Br)c1)C(=O)Nc1sc2c(c1C(N)=O)CCCC2. The van der Waals surface area contributed by atoms with Gasteiger partial charge in [0.1, 0.15) is 10.8 Å². The van der Waals surface area contributed by atoms with Crippen molar-refractivity contribution in [2.75, 3.05) is 5.32 Å². The van der Waals surface area contributed by atoms with E-state index in [1.54, 1.807) is 19.1 Å². The lowest BCUT2D eigenvalue weighted by molar-refractivity contribution is -0.122. The number of nitrogens with two attached hydrogens (primary N) is 1. The first-order valence-electron chi connectivity index (χ1n) is 8.13. The van der Waals surface area contributed by atoms with E-state index in [1.165, 1.54) is 11.3 Å². The Morgan fingerprint density at radius 3 is 2.80 bits per heavy atom.